The van der Waals surface area contributed by atoms with Crippen LogP contribution in [0.25, 0.3) is 0 Å². The summed E-state index contributed by atoms with van der Waals surface area (Å²) in [7, 11) is 3.46. The van der Waals surface area contributed by atoms with Gasteiger partial charge in [-0.3, -0.25) is 4.99 Å². The minimum atomic E-state index is 0. The molecule has 1 aromatic carbocycles. The molecule has 1 aromatic rings. The minimum Gasteiger partial charge on any atom is -0.488 e. The van der Waals surface area contributed by atoms with E-state index in [0.717, 1.165) is 24.7 Å². The highest BCUT2D eigenvalue weighted by molar-refractivity contribution is 14.0. The summed E-state index contributed by atoms with van der Waals surface area (Å²) < 4.78 is 11.0. The molecule has 1 aliphatic rings. The lowest BCUT2D eigenvalue weighted by Gasteiger charge is -2.19. The highest BCUT2D eigenvalue weighted by atomic mass is 127. The van der Waals surface area contributed by atoms with Crippen LogP contribution in [0.5, 0.6) is 5.75 Å². The first kappa shape index (κ1) is 18.0. The number of para-hydroxylation sites is 1. The molecule has 0 aliphatic carbocycles. The Morgan fingerprint density at radius 2 is 2.24 bits per heavy atom. The number of hydrogen-bond acceptors (Lipinski definition) is 3. The first-order valence-electron chi connectivity index (χ1n) is 6.93. The Hall–Kier alpha value is -1.02. The van der Waals surface area contributed by atoms with Gasteiger partial charge in [-0.2, -0.15) is 0 Å². The summed E-state index contributed by atoms with van der Waals surface area (Å²) in [6, 6.07) is 8.39. The second kappa shape index (κ2) is 9.09. The molecule has 0 fully saturated rings. The number of aliphatic imine (C=N–C) groups is 1. The van der Waals surface area contributed by atoms with Gasteiger partial charge in [-0.05, 0) is 18.6 Å². The van der Waals surface area contributed by atoms with Crippen LogP contribution in [0.3, 0.4) is 0 Å². The molecule has 1 aliphatic heterocycles. The average molecular weight is 405 g/mol. The number of benzene rings is 1. The van der Waals surface area contributed by atoms with Crippen LogP contribution in [-0.2, 0) is 11.2 Å². The normalized spacial score (nSPS) is 18.2. The van der Waals surface area contributed by atoms with E-state index in [1.165, 1.54) is 5.56 Å². The van der Waals surface area contributed by atoms with Crippen LogP contribution < -0.4 is 15.4 Å². The largest absolute Gasteiger partial charge is 0.488 e. The second-order valence-electron chi connectivity index (χ2n) is 5.01. The Labute approximate surface area is 143 Å². The van der Waals surface area contributed by atoms with E-state index in [0.29, 0.717) is 6.61 Å². The third-order valence-corrected chi connectivity index (χ3v) is 3.23. The zero-order valence-corrected chi connectivity index (χ0v) is 15.1. The summed E-state index contributed by atoms with van der Waals surface area (Å²) in [6.45, 7) is 3.43. The van der Waals surface area contributed by atoms with E-state index in [4.69, 9.17) is 9.47 Å². The van der Waals surface area contributed by atoms with Crippen molar-refractivity contribution < 1.29 is 9.47 Å². The second-order valence-corrected chi connectivity index (χ2v) is 5.01. The maximum atomic E-state index is 5.88. The average Bonchev–Trinajstić information content (AvgIpc) is 2.86. The molecular formula is C15H24IN3O2. The van der Waals surface area contributed by atoms with Crippen LogP contribution in [-0.4, -0.2) is 45.4 Å². The maximum absolute atomic E-state index is 5.88. The number of nitrogens with one attached hydrogen (secondary N) is 2. The monoisotopic (exact) mass is 405 g/mol. The van der Waals surface area contributed by atoms with E-state index in [2.05, 4.69) is 28.6 Å². The number of guanidine groups is 1. The molecule has 2 rings (SSSR count). The maximum Gasteiger partial charge on any atom is 0.191 e. The Kier molecular flexibility index (Phi) is 7.81. The SMILES string of the molecule is CN=C(NCC1Cc2ccccc2O1)NC(C)COC.I. The minimum absolute atomic E-state index is 0. The summed E-state index contributed by atoms with van der Waals surface area (Å²) in [4.78, 5) is 4.20. The van der Waals surface area contributed by atoms with E-state index in [1.54, 1.807) is 14.2 Å². The molecule has 0 spiro atoms. The number of hydrogen-bond donors (Lipinski definition) is 2. The predicted molar refractivity (Wildman–Crippen MR) is 95.8 cm³/mol. The van der Waals surface area contributed by atoms with Crippen molar-refractivity contribution in [3.05, 3.63) is 29.8 Å². The predicted octanol–water partition coefficient (Wildman–Crippen LogP) is 1.81. The zero-order valence-electron chi connectivity index (χ0n) is 12.8. The van der Waals surface area contributed by atoms with Crippen molar-refractivity contribution in [1.29, 1.82) is 0 Å². The van der Waals surface area contributed by atoms with E-state index >= 15 is 0 Å². The summed E-state index contributed by atoms with van der Waals surface area (Å²) in [5.74, 6) is 1.77. The number of methoxy groups -OCH3 is 1. The van der Waals surface area contributed by atoms with Gasteiger partial charge < -0.3 is 20.1 Å². The fourth-order valence-electron chi connectivity index (χ4n) is 2.30. The Morgan fingerprint density at radius 3 is 2.90 bits per heavy atom. The molecule has 1 heterocycles. The van der Waals surface area contributed by atoms with Gasteiger partial charge in [-0.25, -0.2) is 0 Å². The molecule has 21 heavy (non-hydrogen) atoms. The van der Waals surface area contributed by atoms with Crippen molar-refractivity contribution in [1.82, 2.24) is 10.6 Å². The molecule has 2 N–H and O–H groups in total. The van der Waals surface area contributed by atoms with Crippen LogP contribution in [0, 0.1) is 0 Å². The van der Waals surface area contributed by atoms with Gasteiger partial charge in [-0.15, -0.1) is 24.0 Å². The first-order valence-corrected chi connectivity index (χ1v) is 6.93. The van der Waals surface area contributed by atoms with Crippen LogP contribution in [0.2, 0.25) is 0 Å². The van der Waals surface area contributed by atoms with E-state index in [1.807, 2.05) is 18.2 Å². The summed E-state index contributed by atoms with van der Waals surface area (Å²) in [6.07, 6.45) is 1.09. The van der Waals surface area contributed by atoms with E-state index in [9.17, 15) is 0 Å². The van der Waals surface area contributed by atoms with Gasteiger partial charge in [0.25, 0.3) is 0 Å². The molecule has 6 heteroatoms. The fourth-order valence-corrected chi connectivity index (χ4v) is 2.30. The number of halogens is 1. The highest BCUT2D eigenvalue weighted by Gasteiger charge is 2.22. The lowest BCUT2D eigenvalue weighted by Crippen LogP contribution is -2.46. The topological polar surface area (TPSA) is 54.9 Å². The third kappa shape index (κ3) is 5.35. The molecule has 5 nitrogen and oxygen atoms in total. The van der Waals surface area contributed by atoms with Gasteiger partial charge in [0.05, 0.1) is 13.2 Å². The molecule has 0 saturated heterocycles. The van der Waals surface area contributed by atoms with E-state index in [-0.39, 0.29) is 36.1 Å². The summed E-state index contributed by atoms with van der Waals surface area (Å²) in [5.41, 5.74) is 1.27. The molecule has 0 saturated carbocycles. The number of ether oxygens (including phenoxy) is 2. The summed E-state index contributed by atoms with van der Waals surface area (Å²) >= 11 is 0. The van der Waals surface area contributed by atoms with Crippen molar-refractivity contribution in [2.75, 3.05) is 27.3 Å². The Balaban J connectivity index is 0.00000220. The van der Waals surface area contributed by atoms with Gasteiger partial charge in [0, 0.05) is 26.6 Å². The fraction of sp³-hybridized carbons (Fsp3) is 0.533. The van der Waals surface area contributed by atoms with Gasteiger partial charge in [0.2, 0.25) is 0 Å². The van der Waals surface area contributed by atoms with Crippen LogP contribution in [0.4, 0.5) is 0 Å². The van der Waals surface area contributed by atoms with E-state index < -0.39 is 0 Å². The number of rotatable bonds is 5. The third-order valence-electron chi connectivity index (χ3n) is 3.23. The van der Waals surface area contributed by atoms with Gasteiger partial charge >= 0.3 is 0 Å². The molecule has 0 bridgehead atoms. The standard InChI is InChI=1S/C15H23N3O2.HI/c1-11(10-19-3)18-15(16-2)17-9-13-8-12-6-4-5-7-14(12)20-13;/h4-7,11,13H,8-10H2,1-3H3,(H2,16,17,18);1H. The van der Waals surface area contributed by atoms with Gasteiger partial charge in [0.15, 0.2) is 5.96 Å². The lowest BCUT2D eigenvalue weighted by atomic mass is 10.1. The molecular weight excluding hydrogens is 381 g/mol. The molecule has 2 unspecified atom stereocenters. The first-order chi connectivity index (χ1) is 9.72. The van der Waals surface area contributed by atoms with Crippen molar-refractivity contribution >= 4 is 29.9 Å². The summed E-state index contributed by atoms with van der Waals surface area (Å²) in [5, 5.41) is 6.56. The van der Waals surface area contributed by atoms with Crippen molar-refractivity contribution in [3.63, 3.8) is 0 Å². The van der Waals surface area contributed by atoms with Crippen molar-refractivity contribution in [3.8, 4) is 5.75 Å². The smallest absolute Gasteiger partial charge is 0.191 e. The van der Waals surface area contributed by atoms with Crippen molar-refractivity contribution in [2.45, 2.75) is 25.5 Å². The Morgan fingerprint density at radius 1 is 1.48 bits per heavy atom. The van der Waals surface area contributed by atoms with Crippen LogP contribution in [0.15, 0.2) is 29.3 Å². The zero-order chi connectivity index (χ0) is 14.4. The lowest BCUT2D eigenvalue weighted by molar-refractivity contribution is 0.178. The number of fused-ring (bicyclic) bond motifs is 1. The Bertz CT molecular complexity index is 443. The molecule has 0 amide bonds. The molecule has 0 radical (unpaired) electrons. The molecule has 0 aromatic heterocycles. The van der Waals surface area contributed by atoms with Gasteiger partial charge in [-0.1, -0.05) is 18.2 Å². The van der Waals surface area contributed by atoms with Crippen molar-refractivity contribution in [2.24, 2.45) is 4.99 Å². The van der Waals surface area contributed by atoms with Crippen LogP contribution in [0.1, 0.15) is 12.5 Å². The van der Waals surface area contributed by atoms with Crippen LogP contribution >= 0.6 is 24.0 Å². The quantitative estimate of drug-likeness (QED) is 0.446. The molecule has 118 valence electrons. The number of nitrogens with zero attached hydrogens (tertiary/aromatic N) is 1. The molecule has 2 atom stereocenters. The highest BCUT2D eigenvalue weighted by Crippen LogP contribution is 2.27. The van der Waals surface area contributed by atoms with Gasteiger partial charge in [0.1, 0.15) is 11.9 Å².